The van der Waals surface area contributed by atoms with Crippen molar-refractivity contribution < 1.29 is 9.59 Å². The molecule has 0 radical (unpaired) electrons. The summed E-state index contributed by atoms with van der Waals surface area (Å²) in [6.07, 6.45) is 7.96. The molecule has 4 heteroatoms. The van der Waals surface area contributed by atoms with Crippen LogP contribution in [0, 0.1) is 0 Å². The zero-order valence-corrected chi connectivity index (χ0v) is 9.50. The molecule has 3 fully saturated rings. The summed E-state index contributed by atoms with van der Waals surface area (Å²) in [5.41, 5.74) is -0.197. The average molecular weight is 222 g/mol. The highest BCUT2D eigenvalue weighted by Gasteiger charge is 2.47. The van der Waals surface area contributed by atoms with Gasteiger partial charge in [0.1, 0.15) is 0 Å². The molecule has 88 valence electrons. The third-order valence-electron chi connectivity index (χ3n) is 4.07. The minimum atomic E-state index is -0.197. The molecule has 4 nitrogen and oxygen atoms in total. The molecule has 0 aromatic rings. The summed E-state index contributed by atoms with van der Waals surface area (Å²) in [7, 11) is 0. The fourth-order valence-electron chi connectivity index (χ4n) is 3.05. The highest BCUT2D eigenvalue weighted by molar-refractivity contribution is 5.98. The third kappa shape index (κ3) is 1.60. The van der Waals surface area contributed by atoms with Crippen LogP contribution >= 0.6 is 0 Å². The fraction of sp³-hybridized carbons (Fsp3) is 0.833. The van der Waals surface area contributed by atoms with Crippen LogP contribution in [0.1, 0.15) is 51.4 Å². The maximum absolute atomic E-state index is 12.0. The van der Waals surface area contributed by atoms with Crippen molar-refractivity contribution in [1.29, 1.82) is 0 Å². The van der Waals surface area contributed by atoms with Gasteiger partial charge in [-0.3, -0.25) is 9.69 Å². The molecule has 1 aliphatic heterocycles. The molecule has 0 bridgehead atoms. The van der Waals surface area contributed by atoms with E-state index in [0.717, 1.165) is 38.5 Å². The highest BCUT2D eigenvalue weighted by Crippen LogP contribution is 2.37. The van der Waals surface area contributed by atoms with E-state index in [1.54, 1.807) is 0 Å². The first-order valence-corrected chi connectivity index (χ1v) is 6.34. The van der Waals surface area contributed by atoms with Crippen molar-refractivity contribution in [2.45, 2.75) is 62.9 Å². The van der Waals surface area contributed by atoms with Gasteiger partial charge >= 0.3 is 6.03 Å². The van der Waals surface area contributed by atoms with Crippen LogP contribution in [0.4, 0.5) is 4.79 Å². The Hall–Kier alpha value is -1.06. The summed E-state index contributed by atoms with van der Waals surface area (Å²) < 4.78 is 0. The number of urea groups is 1. The number of nitrogens with one attached hydrogen (secondary N) is 1. The van der Waals surface area contributed by atoms with Gasteiger partial charge in [0.25, 0.3) is 0 Å². The molecule has 1 heterocycles. The lowest BCUT2D eigenvalue weighted by molar-refractivity contribution is -0.132. The fourth-order valence-corrected chi connectivity index (χ4v) is 3.05. The number of rotatable bonds is 1. The molecule has 16 heavy (non-hydrogen) atoms. The van der Waals surface area contributed by atoms with Gasteiger partial charge in [-0.05, 0) is 25.7 Å². The van der Waals surface area contributed by atoms with Gasteiger partial charge in [-0.2, -0.15) is 0 Å². The molecule has 3 rings (SSSR count). The molecular formula is C12H18N2O2. The van der Waals surface area contributed by atoms with Crippen LogP contribution in [0.2, 0.25) is 0 Å². The summed E-state index contributed by atoms with van der Waals surface area (Å²) >= 11 is 0. The van der Waals surface area contributed by atoms with Crippen molar-refractivity contribution in [3.63, 3.8) is 0 Å². The van der Waals surface area contributed by atoms with Crippen LogP contribution in [0.5, 0.6) is 0 Å². The number of carbonyl (C=O) groups is 2. The van der Waals surface area contributed by atoms with Gasteiger partial charge in [-0.15, -0.1) is 0 Å². The van der Waals surface area contributed by atoms with E-state index >= 15 is 0 Å². The second-order valence-electron chi connectivity index (χ2n) is 5.44. The summed E-state index contributed by atoms with van der Waals surface area (Å²) in [5.74, 6) is 0.0492. The van der Waals surface area contributed by atoms with E-state index in [-0.39, 0.29) is 23.5 Å². The van der Waals surface area contributed by atoms with Crippen LogP contribution in [-0.4, -0.2) is 28.4 Å². The molecule has 1 saturated heterocycles. The van der Waals surface area contributed by atoms with Crippen molar-refractivity contribution in [1.82, 2.24) is 10.2 Å². The lowest BCUT2D eigenvalue weighted by Crippen LogP contribution is -2.63. The first kappa shape index (κ1) is 10.1. The predicted molar refractivity (Wildman–Crippen MR) is 58.8 cm³/mol. The van der Waals surface area contributed by atoms with Crippen molar-refractivity contribution in [2.75, 3.05) is 0 Å². The molecule has 1 N–H and O–H groups in total. The summed E-state index contributed by atoms with van der Waals surface area (Å²) in [6.45, 7) is 0. The smallest absolute Gasteiger partial charge is 0.324 e. The predicted octanol–water partition coefficient (Wildman–Crippen LogP) is 1.79. The summed E-state index contributed by atoms with van der Waals surface area (Å²) in [4.78, 5) is 25.4. The molecule has 3 aliphatic rings. The second-order valence-corrected chi connectivity index (χ2v) is 5.44. The van der Waals surface area contributed by atoms with Gasteiger partial charge < -0.3 is 5.32 Å². The Kier molecular flexibility index (Phi) is 2.19. The number of hydrogen-bond donors (Lipinski definition) is 1. The van der Waals surface area contributed by atoms with E-state index in [0.29, 0.717) is 6.42 Å². The van der Waals surface area contributed by atoms with Gasteiger partial charge in [0.2, 0.25) is 5.91 Å². The molecule has 3 amide bonds. The van der Waals surface area contributed by atoms with Crippen molar-refractivity contribution in [3.05, 3.63) is 0 Å². The Balaban J connectivity index is 1.77. The van der Waals surface area contributed by atoms with E-state index in [2.05, 4.69) is 5.32 Å². The quantitative estimate of drug-likeness (QED) is 0.735. The molecule has 1 spiro atoms. The monoisotopic (exact) mass is 222 g/mol. The normalized spacial score (nSPS) is 29.4. The highest BCUT2D eigenvalue weighted by atomic mass is 16.2. The van der Waals surface area contributed by atoms with Gasteiger partial charge in [-0.25, -0.2) is 4.79 Å². The lowest BCUT2D eigenvalue weighted by Gasteiger charge is -2.43. The Morgan fingerprint density at radius 1 is 1.12 bits per heavy atom. The van der Waals surface area contributed by atoms with Crippen molar-refractivity contribution >= 4 is 11.9 Å². The van der Waals surface area contributed by atoms with Gasteiger partial charge in [0, 0.05) is 6.04 Å². The van der Waals surface area contributed by atoms with Gasteiger partial charge in [-0.1, -0.05) is 19.3 Å². The van der Waals surface area contributed by atoms with E-state index in [1.165, 1.54) is 11.3 Å². The Labute approximate surface area is 95.4 Å². The van der Waals surface area contributed by atoms with Crippen molar-refractivity contribution in [3.8, 4) is 0 Å². The molecule has 0 unspecified atom stereocenters. The van der Waals surface area contributed by atoms with Crippen LogP contribution in [-0.2, 0) is 4.79 Å². The van der Waals surface area contributed by atoms with Crippen LogP contribution in [0.15, 0.2) is 0 Å². The Bertz CT molecular complexity index is 310. The molecule has 0 aromatic carbocycles. The first-order chi connectivity index (χ1) is 7.70. The third-order valence-corrected chi connectivity index (χ3v) is 4.07. The van der Waals surface area contributed by atoms with E-state index in [9.17, 15) is 9.59 Å². The molecule has 0 aromatic heterocycles. The molecule has 2 saturated carbocycles. The standard InChI is InChI=1S/C12H18N2O2/c15-10-8-12(6-2-1-3-7-12)13-11(16)14(10)9-4-5-9/h9H,1-8H2,(H,13,16). The summed E-state index contributed by atoms with van der Waals surface area (Å²) in [6, 6.07) is 0.0640. The van der Waals surface area contributed by atoms with Crippen LogP contribution < -0.4 is 5.32 Å². The number of carbonyl (C=O) groups excluding carboxylic acids is 2. The van der Waals surface area contributed by atoms with E-state index < -0.39 is 0 Å². The van der Waals surface area contributed by atoms with Gasteiger partial charge in [0.05, 0.1) is 12.0 Å². The van der Waals surface area contributed by atoms with Crippen molar-refractivity contribution in [2.24, 2.45) is 0 Å². The van der Waals surface area contributed by atoms with E-state index in [4.69, 9.17) is 0 Å². The number of imide groups is 1. The largest absolute Gasteiger partial charge is 0.332 e. The number of hydrogen-bond acceptors (Lipinski definition) is 2. The minimum absolute atomic E-state index is 0.0492. The average Bonchev–Trinajstić information content (AvgIpc) is 3.01. The maximum Gasteiger partial charge on any atom is 0.324 e. The summed E-state index contributed by atoms with van der Waals surface area (Å²) in [5, 5.41) is 3.10. The van der Waals surface area contributed by atoms with Gasteiger partial charge in [0.15, 0.2) is 0 Å². The molecular weight excluding hydrogens is 204 g/mol. The number of nitrogens with zero attached hydrogens (tertiary/aromatic N) is 1. The zero-order chi connectivity index (χ0) is 11.2. The molecule has 0 atom stereocenters. The Morgan fingerprint density at radius 3 is 2.38 bits per heavy atom. The lowest BCUT2D eigenvalue weighted by atomic mass is 9.78. The van der Waals surface area contributed by atoms with Crippen LogP contribution in [0.25, 0.3) is 0 Å². The minimum Gasteiger partial charge on any atom is -0.332 e. The SMILES string of the molecule is O=C1CC2(CCCCC2)NC(=O)N1C1CC1. The first-order valence-electron chi connectivity index (χ1n) is 6.34. The number of amides is 3. The maximum atomic E-state index is 12.0. The van der Waals surface area contributed by atoms with Crippen LogP contribution in [0.3, 0.4) is 0 Å². The Morgan fingerprint density at radius 2 is 1.81 bits per heavy atom. The molecule has 2 aliphatic carbocycles. The zero-order valence-electron chi connectivity index (χ0n) is 9.50. The topological polar surface area (TPSA) is 49.4 Å². The second kappa shape index (κ2) is 3.47. The van der Waals surface area contributed by atoms with E-state index in [1.807, 2.05) is 0 Å².